The molecule has 0 saturated carbocycles. The van der Waals surface area contributed by atoms with E-state index in [1.807, 2.05) is 20.8 Å². The van der Waals surface area contributed by atoms with Gasteiger partial charge in [0, 0.05) is 13.0 Å². The Morgan fingerprint density at radius 2 is 2.06 bits per heavy atom. The molecule has 1 aromatic rings. The summed E-state index contributed by atoms with van der Waals surface area (Å²) in [5, 5.41) is 14.9. The molecule has 1 heterocycles. The summed E-state index contributed by atoms with van der Waals surface area (Å²) >= 11 is 0. The number of aliphatic carboxylic acids is 1. The van der Waals surface area contributed by atoms with E-state index in [-0.39, 0.29) is 23.6 Å². The van der Waals surface area contributed by atoms with Crippen LogP contribution in [0.15, 0.2) is 4.52 Å². The molecule has 0 radical (unpaired) electrons. The van der Waals surface area contributed by atoms with Crippen molar-refractivity contribution in [3.8, 4) is 0 Å². The molecule has 1 rings (SSSR count). The lowest BCUT2D eigenvalue weighted by Gasteiger charge is -2.29. The van der Waals surface area contributed by atoms with Gasteiger partial charge in [0.2, 0.25) is 5.89 Å². The number of nitrogens with zero attached hydrogens (tertiary/aromatic N) is 2. The number of carboxylic acid groups (broad SMARTS) is 1. The Kier molecular flexibility index (Phi) is 4.05. The third-order valence-electron chi connectivity index (χ3n) is 2.46. The van der Waals surface area contributed by atoms with E-state index in [4.69, 9.17) is 9.63 Å². The van der Waals surface area contributed by atoms with Crippen LogP contribution in [0, 0.1) is 12.3 Å². The summed E-state index contributed by atoms with van der Waals surface area (Å²) in [6, 6.07) is -0.513. The van der Waals surface area contributed by atoms with Crippen molar-refractivity contribution in [2.24, 2.45) is 5.41 Å². The van der Waals surface area contributed by atoms with Crippen molar-refractivity contribution in [2.45, 2.75) is 40.2 Å². The zero-order chi connectivity index (χ0) is 13.9. The minimum atomic E-state index is -0.973. The van der Waals surface area contributed by atoms with Gasteiger partial charge < -0.3 is 14.9 Å². The Morgan fingerprint density at radius 3 is 2.44 bits per heavy atom. The topological polar surface area (TPSA) is 105 Å². The van der Waals surface area contributed by atoms with Crippen molar-refractivity contribution in [2.75, 3.05) is 0 Å². The van der Waals surface area contributed by atoms with Gasteiger partial charge in [-0.3, -0.25) is 9.59 Å². The maximum atomic E-state index is 11.8. The molecule has 1 atom stereocenters. The van der Waals surface area contributed by atoms with Crippen LogP contribution in [-0.2, 0) is 4.79 Å². The first-order chi connectivity index (χ1) is 8.20. The first-order valence-corrected chi connectivity index (χ1v) is 5.53. The molecule has 0 bridgehead atoms. The van der Waals surface area contributed by atoms with Crippen molar-refractivity contribution in [3.05, 3.63) is 11.7 Å². The van der Waals surface area contributed by atoms with Gasteiger partial charge in [-0.2, -0.15) is 4.98 Å². The smallest absolute Gasteiger partial charge is 0.305 e. The summed E-state index contributed by atoms with van der Waals surface area (Å²) in [7, 11) is 0. The largest absolute Gasteiger partial charge is 0.481 e. The van der Waals surface area contributed by atoms with E-state index in [1.54, 1.807) is 6.92 Å². The first kappa shape index (κ1) is 14.1. The molecule has 7 nitrogen and oxygen atoms in total. The van der Waals surface area contributed by atoms with E-state index in [1.165, 1.54) is 0 Å². The monoisotopic (exact) mass is 255 g/mol. The number of hydrogen-bond acceptors (Lipinski definition) is 5. The number of carbonyl (C=O) groups is 2. The highest BCUT2D eigenvalue weighted by atomic mass is 16.5. The molecular weight excluding hydrogens is 238 g/mol. The lowest BCUT2D eigenvalue weighted by molar-refractivity contribution is -0.138. The molecule has 0 aliphatic carbocycles. The van der Waals surface area contributed by atoms with Gasteiger partial charge >= 0.3 is 5.97 Å². The number of carboxylic acids is 1. The zero-order valence-electron chi connectivity index (χ0n) is 10.9. The van der Waals surface area contributed by atoms with Crippen LogP contribution in [0.2, 0.25) is 0 Å². The minimum absolute atomic E-state index is 0.0906. The third kappa shape index (κ3) is 3.83. The number of nitrogens with one attached hydrogen (secondary N) is 1. The molecule has 0 fully saturated rings. The third-order valence-corrected chi connectivity index (χ3v) is 2.46. The van der Waals surface area contributed by atoms with Gasteiger partial charge in [0.1, 0.15) is 0 Å². The van der Waals surface area contributed by atoms with E-state index in [0.717, 1.165) is 0 Å². The predicted octanol–water partition coefficient (Wildman–Crippen LogP) is 0.997. The Labute approximate surface area is 105 Å². The average Bonchev–Trinajstić information content (AvgIpc) is 2.61. The molecule has 7 heteroatoms. The van der Waals surface area contributed by atoms with Gasteiger partial charge in [0.05, 0.1) is 6.42 Å². The maximum absolute atomic E-state index is 11.8. The van der Waals surface area contributed by atoms with Crippen molar-refractivity contribution in [1.82, 2.24) is 15.5 Å². The Morgan fingerprint density at radius 1 is 1.44 bits per heavy atom. The fraction of sp³-hybridized carbons (Fsp3) is 0.636. The van der Waals surface area contributed by atoms with E-state index in [0.29, 0.717) is 0 Å². The second-order valence-corrected chi connectivity index (χ2v) is 5.13. The van der Waals surface area contributed by atoms with Gasteiger partial charge in [-0.1, -0.05) is 25.9 Å². The normalized spacial score (nSPS) is 13.1. The van der Waals surface area contributed by atoms with E-state index in [2.05, 4.69) is 15.5 Å². The van der Waals surface area contributed by atoms with Crippen molar-refractivity contribution in [1.29, 1.82) is 0 Å². The second kappa shape index (κ2) is 5.16. The molecule has 100 valence electrons. The summed E-state index contributed by atoms with van der Waals surface area (Å²) in [6.07, 6.45) is -0.161. The van der Waals surface area contributed by atoms with E-state index >= 15 is 0 Å². The quantitative estimate of drug-likeness (QED) is 0.831. The molecule has 0 spiro atoms. The summed E-state index contributed by atoms with van der Waals surface area (Å²) in [6.45, 7) is 7.12. The fourth-order valence-corrected chi connectivity index (χ4v) is 1.36. The van der Waals surface area contributed by atoms with Crippen molar-refractivity contribution < 1.29 is 19.2 Å². The number of rotatable bonds is 4. The molecule has 1 aromatic heterocycles. The van der Waals surface area contributed by atoms with E-state index in [9.17, 15) is 9.59 Å². The van der Waals surface area contributed by atoms with Crippen LogP contribution in [0.1, 0.15) is 43.7 Å². The Balaban J connectivity index is 2.78. The number of amides is 1. The molecule has 1 amide bonds. The lowest BCUT2D eigenvalue weighted by Crippen LogP contribution is -2.45. The average molecular weight is 255 g/mol. The Hall–Kier alpha value is -1.92. The van der Waals surface area contributed by atoms with E-state index < -0.39 is 17.9 Å². The number of carbonyl (C=O) groups excluding carboxylic acids is 1. The van der Waals surface area contributed by atoms with Crippen molar-refractivity contribution >= 4 is 11.9 Å². The standard InChI is InChI=1S/C11H17N3O4/c1-6-12-9(14-18-6)10(17)13-7(5-8(15)16)11(2,3)4/h7H,5H2,1-4H3,(H,13,17)(H,15,16). The molecule has 0 aliphatic rings. The van der Waals surface area contributed by atoms with Gasteiger partial charge in [0.15, 0.2) is 0 Å². The number of hydrogen-bond donors (Lipinski definition) is 2. The van der Waals surface area contributed by atoms with Crippen LogP contribution in [-0.4, -0.2) is 33.2 Å². The molecule has 2 N–H and O–H groups in total. The van der Waals surface area contributed by atoms with Gasteiger partial charge in [-0.15, -0.1) is 0 Å². The van der Waals surface area contributed by atoms with Crippen LogP contribution in [0.4, 0.5) is 0 Å². The summed E-state index contributed by atoms with van der Waals surface area (Å²) in [5.41, 5.74) is -0.382. The van der Waals surface area contributed by atoms with Crippen LogP contribution in [0.25, 0.3) is 0 Å². The number of aryl methyl sites for hydroxylation is 1. The zero-order valence-corrected chi connectivity index (χ0v) is 10.9. The van der Waals surface area contributed by atoms with Crippen LogP contribution >= 0.6 is 0 Å². The van der Waals surface area contributed by atoms with Gasteiger partial charge in [0.25, 0.3) is 11.7 Å². The molecule has 18 heavy (non-hydrogen) atoms. The molecule has 0 aromatic carbocycles. The van der Waals surface area contributed by atoms with Gasteiger partial charge in [-0.25, -0.2) is 0 Å². The van der Waals surface area contributed by atoms with Crippen LogP contribution in [0.3, 0.4) is 0 Å². The SMILES string of the molecule is Cc1nc(C(=O)NC(CC(=O)O)C(C)(C)C)no1. The van der Waals surface area contributed by atoms with Crippen molar-refractivity contribution in [3.63, 3.8) is 0 Å². The Bertz CT molecular complexity index is 447. The molecular formula is C11H17N3O4. The number of aromatic nitrogens is 2. The molecule has 1 unspecified atom stereocenters. The highest BCUT2D eigenvalue weighted by molar-refractivity contribution is 5.90. The summed E-state index contributed by atoms with van der Waals surface area (Å²) in [4.78, 5) is 26.4. The van der Waals surface area contributed by atoms with Gasteiger partial charge in [-0.05, 0) is 5.41 Å². The second-order valence-electron chi connectivity index (χ2n) is 5.13. The van der Waals surface area contributed by atoms with Crippen LogP contribution < -0.4 is 5.32 Å². The lowest BCUT2D eigenvalue weighted by atomic mass is 9.84. The highest BCUT2D eigenvalue weighted by Crippen LogP contribution is 2.22. The molecule has 0 saturated heterocycles. The van der Waals surface area contributed by atoms with Crippen LogP contribution in [0.5, 0.6) is 0 Å². The summed E-state index contributed by atoms with van der Waals surface area (Å²) in [5.74, 6) is -1.31. The predicted molar refractivity (Wildman–Crippen MR) is 62.0 cm³/mol. The minimum Gasteiger partial charge on any atom is -0.481 e. The highest BCUT2D eigenvalue weighted by Gasteiger charge is 2.29. The summed E-state index contributed by atoms with van der Waals surface area (Å²) < 4.78 is 4.70. The maximum Gasteiger partial charge on any atom is 0.305 e. The molecule has 0 aliphatic heterocycles. The first-order valence-electron chi connectivity index (χ1n) is 5.53. The fourth-order valence-electron chi connectivity index (χ4n) is 1.36.